The van der Waals surface area contributed by atoms with Crippen molar-refractivity contribution in [2.75, 3.05) is 0 Å². The minimum Gasteiger partial charge on any atom is -0.481 e. The Balaban J connectivity index is 1.66. The molecule has 3 N–H and O–H groups in total. The van der Waals surface area contributed by atoms with E-state index in [9.17, 15) is 14.7 Å². The van der Waals surface area contributed by atoms with E-state index < -0.39 is 11.9 Å². The van der Waals surface area contributed by atoms with Gasteiger partial charge in [0.2, 0.25) is 0 Å². The van der Waals surface area contributed by atoms with Gasteiger partial charge in [0, 0.05) is 38.9 Å². The first-order valence-electron chi connectivity index (χ1n) is 9.77. The van der Waals surface area contributed by atoms with Gasteiger partial charge in [0.1, 0.15) is 0 Å². The molecule has 0 unspecified atom stereocenters. The maximum Gasteiger partial charge on any atom is 0.307 e. The van der Waals surface area contributed by atoms with E-state index in [2.05, 4.69) is 9.95 Å². The van der Waals surface area contributed by atoms with E-state index in [4.69, 9.17) is 17.3 Å². The lowest BCUT2D eigenvalue weighted by molar-refractivity contribution is -0.136. The van der Waals surface area contributed by atoms with Gasteiger partial charge in [-0.2, -0.15) is 0 Å². The molecule has 0 radical (unpaired) electrons. The zero-order valence-corrected chi connectivity index (χ0v) is 19.1. The predicted octanol–water partition coefficient (Wildman–Crippen LogP) is 6.01. The van der Waals surface area contributed by atoms with Gasteiger partial charge in [0.25, 0.3) is 5.91 Å². The number of carboxylic acids is 1. The van der Waals surface area contributed by atoms with Crippen molar-refractivity contribution < 1.29 is 14.7 Å². The molecule has 0 saturated carbocycles. The molecule has 5 aromatic rings. The number of nitrogens with zero attached hydrogens (tertiary/aromatic N) is 1. The summed E-state index contributed by atoms with van der Waals surface area (Å²) in [5.74, 6) is -1.34. The maximum absolute atomic E-state index is 11.8. The Bertz CT molecular complexity index is 1510. The number of aromatic nitrogens is 1. The number of carbonyl (C=O) groups excluding carboxylic acids is 1. The molecule has 1 amide bonds. The third kappa shape index (κ3) is 3.68. The molecule has 5 rings (SSSR count). The normalized spacial score (nSPS) is 11.4. The largest absolute Gasteiger partial charge is 0.481 e. The standard InChI is InChI=1S/C24H17ClN2O3S2/c25-16-2-4-21-19(9-16)15(12-32-21)11-27-10-14(8-22(28)29)17-3-1-13(7-20(17)27)18-5-6-31-23(18)24(26)30/h1-7,9-10,12H,8,11H2,(H2,26,30)(H,28,29). The average Bonchev–Trinajstić information content (AvgIpc) is 3.46. The van der Waals surface area contributed by atoms with Gasteiger partial charge in [-0.1, -0.05) is 23.7 Å². The third-order valence-electron chi connectivity index (χ3n) is 5.46. The molecule has 0 atom stereocenters. The quantitative estimate of drug-likeness (QED) is 0.312. The van der Waals surface area contributed by atoms with Gasteiger partial charge in [-0.3, -0.25) is 9.59 Å². The highest BCUT2D eigenvalue weighted by atomic mass is 35.5. The zero-order chi connectivity index (χ0) is 22.4. The van der Waals surface area contributed by atoms with Crippen LogP contribution >= 0.6 is 34.3 Å². The fourth-order valence-electron chi connectivity index (χ4n) is 4.06. The molecule has 3 heterocycles. The summed E-state index contributed by atoms with van der Waals surface area (Å²) in [6.07, 6.45) is 1.84. The van der Waals surface area contributed by atoms with Crippen LogP contribution in [0, 0.1) is 0 Å². The van der Waals surface area contributed by atoms with Crippen LogP contribution in [0.5, 0.6) is 0 Å². The third-order valence-corrected chi connectivity index (χ3v) is 7.64. The Hall–Kier alpha value is -3.13. The smallest absolute Gasteiger partial charge is 0.307 e. The van der Waals surface area contributed by atoms with Gasteiger partial charge in [0.15, 0.2) is 0 Å². The summed E-state index contributed by atoms with van der Waals surface area (Å²) >= 11 is 9.19. The van der Waals surface area contributed by atoms with Crippen LogP contribution in [0.4, 0.5) is 0 Å². The molecule has 160 valence electrons. The Labute approximate surface area is 196 Å². The van der Waals surface area contributed by atoms with Crippen LogP contribution < -0.4 is 5.73 Å². The highest BCUT2D eigenvalue weighted by molar-refractivity contribution is 7.17. The van der Waals surface area contributed by atoms with E-state index >= 15 is 0 Å². The molecule has 32 heavy (non-hydrogen) atoms. The summed E-state index contributed by atoms with van der Waals surface area (Å²) in [7, 11) is 0. The van der Waals surface area contributed by atoms with Gasteiger partial charge >= 0.3 is 5.97 Å². The number of nitrogens with two attached hydrogens (primary N) is 1. The monoisotopic (exact) mass is 480 g/mol. The molecule has 5 nitrogen and oxygen atoms in total. The Morgan fingerprint density at radius 1 is 1.03 bits per heavy atom. The van der Waals surface area contributed by atoms with E-state index in [0.29, 0.717) is 16.4 Å². The molecule has 0 bridgehead atoms. The molecule has 0 aliphatic carbocycles. The van der Waals surface area contributed by atoms with E-state index in [1.54, 1.807) is 11.3 Å². The second-order valence-electron chi connectivity index (χ2n) is 7.51. The lowest BCUT2D eigenvalue weighted by atomic mass is 10.0. The number of hydrogen-bond acceptors (Lipinski definition) is 4. The second-order valence-corrected chi connectivity index (χ2v) is 9.78. The molecule has 0 aliphatic heterocycles. The van der Waals surface area contributed by atoms with Crippen molar-refractivity contribution in [3.8, 4) is 11.1 Å². The highest BCUT2D eigenvalue weighted by Gasteiger charge is 2.17. The number of rotatable bonds is 6. The number of primary amides is 1. The summed E-state index contributed by atoms with van der Waals surface area (Å²) < 4.78 is 3.21. The fourth-order valence-corrected chi connectivity index (χ4v) is 5.93. The molecule has 3 aromatic heterocycles. The predicted molar refractivity (Wildman–Crippen MR) is 131 cm³/mol. The zero-order valence-electron chi connectivity index (χ0n) is 16.7. The first-order valence-corrected chi connectivity index (χ1v) is 11.9. The second kappa shape index (κ2) is 8.09. The number of aliphatic carboxylic acids is 1. The van der Waals surface area contributed by atoms with E-state index in [0.717, 1.165) is 43.2 Å². The van der Waals surface area contributed by atoms with E-state index in [1.807, 2.05) is 54.0 Å². The van der Waals surface area contributed by atoms with E-state index in [-0.39, 0.29) is 6.42 Å². The molecule has 2 aromatic carbocycles. The number of fused-ring (bicyclic) bond motifs is 2. The summed E-state index contributed by atoms with van der Waals surface area (Å²) in [6.45, 7) is 0.576. The highest BCUT2D eigenvalue weighted by Crippen LogP contribution is 2.34. The van der Waals surface area contributed by atoms with Crippen LogP contribution in [0.2, 0.25) is 5.02 Å². The minimum absolute atomic E-state index is 0.0654. The van der Waals surface area contributed by atoms with Crippen LogP contribution in [0.25, 0.3) is 32.1 Å². The maximum atomic E-state index is 11.8. The molecule has 0 saturated heterocycles. The summed E-state index contributed by atoms with van der Waals surface area (Å²) in [4.78, 5) is 23.8. The molecule has 0 fully saturated rings. The fraction of sp³-hybridized carbons (Fsp3) is 0.0833. The number of halogens is 1. The van der Waals surface area contributed by atoms with Gasteiger partial charge in [-0.05, 0) is 63.2 Å². The molecular formula is C24H17ClN2O3S2. The molecule has 8 heteroatoms. The van der Waals surface area contributed by atoms with E-state index in [1.165, 1.54) is 11.3 Å². The number of thiophene rings is 2. The van der Waals surface area contributed by atoms with Crippen molar-refractivity contribution in [3.05, 3.63) is 80.4 Å². The lowest BCUT2D eigenvalue weighted by Gasteiger charge is -2.07. The van der Waals surface area contributed by atoms with Gasteiger partial charge in [-0.15, -0.1) is 22.7 Å². The SMILES string of the molecule is NC(=O)c1sccc1-c1ccc2c(CC(=O)O)cn(Cc3csc4ccc(Cl)cc34)c2c1. The number of amides is 1. The van der Waals surface area contributed by atoms with Crippen LogP contribution in [-0.4, -0.2) is 21.6 Å². The van der Waals surface area contributed by atoms with Crippen LogP contribution in [0.1, 0.15) is 20.8 Å². The summed E-state index contributed by atoms with van der Waals surface area (Å²) in [5.41, 5.74) is 9.96. The van der Waals surface area contributed by atoms with Gasteiger partial charge in [0.05, 0.1) is 11.3 Å². The Morgan fingerprint density at radius 3 is 2.66 bits per heavy atom. The average molecular weight is 481 g/mol. The summed E-state index contributed by atoms with van der Waals surface area (Å²) in [6, 6.07) is 13.6. The van der Waals surface area contributed by atoms with Crippen molar-refractivity contribution in [3.63, 3.8) is 0 Å². The molecule has 0 aliphatic rings. The van der Waals surface area contributed by atoms with Crippen molar-refractivity contribution in [2.45, 2.75) is 13.0 Å². The van der Waals surface area contributed by atoms with Crippen molar-refractivity contribution in [1.29, 1.82) is 0 Å². The van der Waals surface area contributed by atoms with Gasteiger partial charge < -0.3 is 15.4 Å². The van der Waals surface area contributed by atoms with Crippen molar-refractivity contribution in [1.82, 2.24) is 4.57 Å². The van der Waals surface area contributed by atoms with Crippen LogP contribution in [0.15, 0.2) is 59.4 Å². The van der Waals surface area contributed by atoms with Crippen LogP contribution in [0.3, 0.4) is 0 Å². The molecular weight excluding hydrogens is 464 g/mol. The topological polar surface area (TPSA) is 85.3 Å². The number of carboxylic acid groups (broad SMARTS) is 1. The molecule has 0 spiro atoms. The Kier molecular flexibility index (Phi) is 5.25. The van der Waals surface area contributed by atoms with Crippen molar-refractivity contribution in [2.24, 2.45) is 5.73 Å². The van der Waals surface area contributed by atoms with Gasteiger partial charge in [-0.25, -0.2) is 0 Å². The first-order chi connectivity index (χ1) is 15.4. The number of carbonyl (C=O) groups is 2. The Morgan fingerprint density at radius 2 is 1.88 bits per heavy atom. The lowest BCUT2D eigenvalue weighted by Crippen LogP contribution is -2.09. The number of benzene rings is 2. The minimum atomic E-state index is -0.880. The van der Waals surface area contributed by atoms with Crippen molar-refractivity contribution >= 4 is 67.1 Å². The van der Waals surface area contributed by atoms with Crippen LogP contribution in [-0.2, 0) is 17.8 Å². The first kappa shape index (κ1) is 20.8. The number of hydrogen-bond donors (Lipinski definition) is 2. The summed E-state index contributed by atoms with van der Waals surface area (Å²) in [5, 5.41) is 16.0.